The molecule has 0 aromatic heterocycles. The first-order chi connectivity index (χ1) is 20.5. The van der Waals surface area contributed by atoms with Gasteiger partial charge in [0.05, 0.1) is 67.0 Å². The number of ether oxygens (including phenoxy) is 4. The maximum Gasteiger partial charge on any atom is 0.202 e. The molecular formula is C31H38ClNO11. The number of aliphatic hydroxyl groups excluding tert-OH is 2. The molecule has 2 aliphatic carbocycles. The normalized spacial score (nSPS) is 30.9. The molecule has 6 rings (SSSR count). The monoisotopic (exact) mass is 635 g/mol. The summed E-state index contributed by atoms with van der Waals surface area (Å²) in [6.07, 6.45) is -5.01. The van der Waals surface area contributed by atoms with E-state index in [-0.39, 0.29) is 76.8 Å². The molecule has 7 atom stereocenters. The van der Waals surface area contributed by atoms with Crippen LogP contribution >= 0.6 is 12.4 Å². The molecule has 0 radical (unpaired) electrons. The van der Waals surface area contributed by atoms with Crippen molar-refractivity contribution in [3.63, 3.8) is 0 Å². The van der Waals surface area contributed by atoms with Crippen LogP contribution in [0.3, 0.4) is 0 Å². The quantitative estimate of drug-likeness (QED) is 0.257. The molecule has 5 N–H and O–H groups in total. The Bertz CT molecular complexity index is 1460. The lowest BCUT2D eigenvalue weighted by Crippen LogP contribution is -2.58. The van der Waals surface area contributed by atoms with Gasteiger partial charge in [-0.3, -0.25) is 14.5 Å². The van der Waals surface area contributed by atoms with Crippen molar-refractivity contribution in [2.45, 2.75) is 75.5 Å². The number of carbonyl (C=O) groups is 2. The Morgan fingerprint density at radius 1 is 1.07 bits per heavy atom. The number of methoxy groups -OCH3 is 1. The van der Waals surface area contributed by atoms with Crippen molar-refractivity contribution in [1.29, 1.82) is 0 Å². The highest BCUT2D eigenvalue weighted by atomic mass is 35.5. The zero-order valence-corrected chi connectivity index (χ0v) is 25.5. The van der Waals surface area contributed by atoms with Gasteiger partial charge in [0.1, 0.15) is 17.2 Å². The van der Waals surface area contributed by atoms with Crippen LogP contribution in [0, 0.1) is 0 Å². The fourth-order valence-electron chi connectivity index (χ4n) is 6.95. The number of ketones is 2. The van der Waals surface area contributed by atoms with E-state index in [0.717, 1.165) is 0 Å². The first-order valence-electron chi connectivity index (χ1n) is 14.5. The predicted octanol–water partition coefficient (Wildman–Crippen LogP) is 1.62. The molecule has 0 saturated carbocycles. The second kappa shape index (κ2) is 12.2. The van der Waals surface area contributed by atoms with Gasteiger partial charge in [0.2, 0.25) is 5.78 Å². The van der Waals surface area contributed by atoms with E-state index in [0.29, 0.717) is 26.3 Å². The summed E-state index contributed by atoms with van der Waals surface area (Å²) in [7, 11) is 1.36. The van der Waals surface area contributed by atoms with Crippen molar-refractivity contribution in [3.8, 4) is 17.2 Å². The minimum Gasteiger partial charge on any atom is -0.507 e. The smallest absolute Gasteiger partial charge is 0.202 e. The van der Waals surface area contributed by atoms with Gasteiger partial charge in [0, 0.05) is 55.1 Å². The molecule has 0 spiro atoms. The van der Waals surface area contributed by atoms with Gasteiger partial charge in [-0.1, -0.05) is 12.1 Å². The van der Waals surface area contributed by atoms with Crippen LogP contribution in [0.25, 0.3) is 0 Å². The lowest BCUT2D eigenvalue weighted by Gasteiger charge is -2.46. The number of hydrogen-bond donors (Lipinski definition) is 5. The first kappa shape index (κ1) is 32.6. The van der Waals surface area contributed by atoms with Crippen LogP contribution in [-0.2, 0) is 20.6 Å². The van der Waals surface area contributed by atoms with Gasteiger partial charge in [-0.2, -0.15) is 0 Å². The minimum absolute atomic E-state index is 0. The van der Waals surface area contributed by atoms with Gasteiger partial charge >= 0.3 is 0 Å². The van der Waals surface area contributed by atoms with Crippen molar-refractivity contribution in [3.05, 3.63) is 51.6 Å². The average molecular weight is 636 g/mol. The second-order valence-corrected chi connectivity index (χ2v) is 11.9. The summed E-state index contributed by atoms with van der Waals surface area (Å²) in [4.78, 5) is 29.6. The molecule has 2 saturated heterocycles. The summed E-state index contributed by atoms with van der Waals surface area (Å²) in [6.45, 7) is 5.43. The molecule has 2 aromatic rings. The van der Waals surface area contributed by atoms with Crippen molar-refractivity contribution in [1.82, 2.24) is 4.90 Å². The molecule has 2 fully saturated rings. The summed E-state index contributed by atoms with van der Waals surface area (Å²) >= 11 is 0. The van der Waals surface area contributed by atoms with Gasteiger partial charge in [-0.25, -0.2) is 0 Å². The third-order valence-electron chi connectivity index (χ3n) is 9.39. The maximum absolute atomic E-state index is 13.8. The molecule has 2 aliphatic heterocycles. The lowest BCUT2D eigenvalue weighted by atomic mass is 9.71. The van der Waals surface area contributed by atoms with E-state index in [2.05, 4.69) is 4.90 Å². The Hall–Kier alpha value is -2.81. The van der Waals surface area contributed by atoms with Gasteiger partial charge in [0.15, 0.2) is 12.1 Å². The lowest BCUT2D eigenvalue weighted by molar-refractivity contribution is -0.263. The fraction of sp³-hybridized carbons (Fsp3) is 0.548. The number of phenols is 2. The van der Waals surface area contributed by atoms with Crippen molar-refractivity contribution in [2.75, 3.05) is 33.4 Å². The van der Waals surface area contributed by atoms with Crippen LogP contribution in [0.1, 0.15) is 75.8 Å². The van der Waals surface area contributed by atoms with E-state index in [4.69, 9.17) is 18.9 Å². The third kappa shape index (κ3) is 5.17. The average Bonchev–Trinajstić information content (AvgIpc) is 2.99. The number of morpholine rings is 1. The molecule has 0 bridgehead atoms. The SMILES string of the molecule is COc1cccc2c1C(=O)c1c(O)c3c(c(O)c1C2=O)C[C@@](O)(C(C)O)C[C@@H]3OC1CC(N2CCOCC2)C(O)C(C)O1.Cl. The largest absolute Gasteiger partial charge is 0.507 e. The van der Waals surface area contributed by atoms with Crippen LogP contribution in [0.15, 0.2) is 18.2 Å². The van der Waals surface area contributed by atoms with Gasteiger partial charge < -0.3 is 44.5 Å². The van der Waals surface area contributed by atoms with Gasteiger partial charge in [-0.15, -0.1) is 12.4 Å². The van der Waals surface area contributed by atoms with Crippen LogP contribution < -0.4 is 4.74 Å². The molecule has 240 valence electrons. The number of halogens is 1. The Morgan fingerprint density at radius 3 is 2.41 bits per heavy atom. The second-order valence-electron chi connectivity index (χ2n) is 11.9. The minimum atomic E-state index is -1.80. The summed E-state index contributed by atoms with van der Waals surface area (Å²) in [5.74, 6) is -2.36. The van der Waals surface area contributed by atoms with Gasteiger partial charge in [-0.05, 0) is 19.9 Å². The van der Waals surface area contributed by atoms with E-state index < -0.39 is 59.4 Å². The summed E-state index contributed by atoms with van der Waals surface area (Å²) in [6, 6.07) is 4.20. The molecule has 12 nitrogen and oxygen atoms in total. The van der Waals surface area contributed by atoms with E-state index >= 15 is 0 Å². The Labute approximate surface area is 260 Å². The van der Waals surface area contributed by atoms with Crippen molar-refractivity contribution in [2.24, 2.45) is 0 Å². The number of rotatable bonds is 5. The third-order valence-corrected chi connectivity index (χ3v) is 9.39. The standard InChI is InChI=1S/C31H37NO11.ClH/c1-14-26(34)18(32-7-9-41-10-8-32)11-21(42-14)43-20-13-31(39,15(2)33)12-17-23(20)30(38)25-24(28(17)36)27(35)16-5-4-6-19(40-3)22(16)29(25)37;/h4-6,14-15,18,20-21,26,33-34,36,38-39H,7-13H2,1-3H3;1H/t14?,15?,18?,20-,21?,26?,31-;/m0./s1. The highest BCUT2D eigenvalue weighted by Gasteiger charge is 2.49. The topological polar surface area (TPSA) is 175 Å². The number of fused-ring (bicyclic) bond motifs is 3. The Balaban J connectivity index is 0.00000384. The molecular weight excluding hydrogens is 598 g/mol. The van der Waals surface area contributed by atoms with E-state index in [1.807, 2.05) is 0 Å². The molecule has 2 aromatic carbocycles. The first-order valence-corrected chi connectivity index (χ1v) is 14.5. The summed E-state index contributed by atoms with van der Waals surface area (Å²) < 4.78 is 23.2. The molecule has 4 aliphatic rings. The van der Waals surface area contributed by atoms with Crippen LogP contribution in [0.4, 0.5) is 0 Å². The van der Waals surface area contributed by atoms with Crippen LogP contribution in [0.2, 0.25) is 0 Å². The Kier molecular flexibility index (Phi) is 9.02. The molecule has 2 heterocycles. The molecule has 44 heavy (non-hydrogen) atoms. The number of aliphatic hydroxyl groups is 3. The molecule has 0 amide bonds. The summed E-state index contributed by atoms with van der Waals surface area (Å²) in [5, 5.41) is 56.2. The number of hydrogen-bond acceptors (Lipinski definition) is 12. The number of aromatic hydroxyl groups is 2. The van der Waals surface area contributed by atoms with Crippen LogP contribution in [-0.4, -0.2) is 112 Å². The highest BCUT2D eigenvalue weighted by Crippen LogP contribution is 2.53. The number of carbonyl (C=O) groups excluding carboxylic acids is 2. The van der Waals surface area contributed by atoms with Crippen molar-refractivity contribution < 1.29 is 54.1 Å². The van der Waals surface area contributed by atoms with Crippen LogP contribution in [0.5, 0.6) is 17.2 Å². The number of nitrogens with zero attached hydrogens (tertiary/aromatic N) is 1. The zero-order valence-electron chi connectivity index (χ0n) is 24.7. The number of benzene rings is 2. The highest BCUT2D eigenvalue weighted by molar-refractivity contribution is 6.31. The van der Waals surface area contributed by atoms with E-state index in [1.165, 1.54) is 26.2 Å². The maximum atomic E-state index is 13.8. The van der Waals surface area contributed by atoms with E-state index in [1.54, 1.807) is 13.0 Å². The van der Waals surface area contributed by atoms with E-state index in [9.17, 15) is 35.1 Å². The fourth-order valence-corrected chi connectivity index (χ4v) is 6.95. The zero-order chi connectivity index (χ0) is 30.8. The van der Waals surface area contributed by atoms with Crippen molar-refractivity contribution >= 4 is 24.0 Å². The molecule has 13 heteroatoms. The van der Waals surface area contributed by atoms with Gasteiger partial charge in [0.25, 0.3) is 0 Å². The number of phenolic OH excluding ortho intramolecular Hbond substituents is 2. The predicted molar refractivity (Wildman–Crippen MR) is 157 cm³/mol. The Morgan fingerprint density at radius 2 is 1.75 bits per heavy atom. The summed E-state index contributed by atoms with van der Waals surface area (Å²) in [5.41, 5.74) is -2.55. The molecule has 5 unspecified atom stereocenters.